The first-order valence-electron chi connectivity index (χ1n) is 9.42. The van der Waals surface area contributed by atoms with Crippen LogP contribution in [0.4, 0.5) is 4.79 Å². The zero-order valence-corrected chi connectivity index (χ0v) is 15.4. The fourth-order valence-electron chi connectivity index (χ4n) is 4.23. The zero-order valence-electron chi connectivity index (χ0n) is 15.4. The predicted octanol–water partition coefficient (Wildman–Crippen LogP) is 1.87. The molecule has 1 aromatic heterocycles. The average Bonchev–Trinajstić information content (AvgIpc) is 3.20. The van der Waals surface area contributed by atoms with E-state index in [1.54, 1.807) is 6.92 Å². The fraction of sp³-hybridized carbons (Fsp3) is 0.450. The minimum absolute atomic E-state index is 0.0749. The summed E-state index contributed by atoms with van der Waals surface area (Å²) in [6.45, 7) is 3.57. The first kappa shape index (κ1) is 17.6. The number of benzene rings is 1. The van der Waals surface area contributed by atoms with Gasteiger partial charge in [-0.1, -0.05) is 18.2 Å². The Morgan fingerprint density at radius 3 is 2.85 bits per heavy atom. The van der Waals surface area contributed by atoms with Crippen molar-refractivity contribution in [1.82, 2.24) is 20.1 Å². The Bertz CT molecular complexity index is 906. The molecule has 142 valence electrons. The third-order valence-corrected chi connectivity index (χ3v) is 5.91. The van der Waals surface area contributed by atoms with E-state index in [-0.39, 0.29) is 17.7 Å². The molecule has 2 aliphatic rings. The molecule has 0 unspecified atom stereocenters. The number of nitrogens with one attached hydrogen (secondary N) is 2. The van der Waals surface area contributed by atoms with Crippen LogP contribution in [-0.4, -0.2) is 45.9 Å². The van der Waals surface area contributed by atoms with E-state index in [4.69, 9.17) is 0 Å². The third kappa shape index (κ3) is 3.18. The molecule has 0 radical (unpaired) electrons. The van der Waals surface area contributed by atoms with Crippen molar-refractivity contribution in [3.05, 3.63) is 36.5 Å². The Morgan fingerprint density at radius 1 is 1.26 bits per heavy atom. The van der Waals surface area contributed by atoms with Gasteiger partial charge in [0.2, 0.25) is 5.91 Å². The van der Waals surface area contributed by atoms with Crippen LogP contribution in [0, 0.1) is 5.92 Å². The number of aryl methyl sites for hydroxylation is 1. The molecule has 0 bridgehead atoms. The minimum atomic E-state index is -0.938. The highest BCUT2D eigenvalue weighted by Crippen LogP contribution is 2.30. The van der Waals surface area contributed by atoms with Crippen molar-refractivity contribution in [2.75, 3.05) is 13.1 Å². The SMILES string of the molecule is C[C@@]1([C@@H]2CCCN(C(=O)CCn3ccc4ccccc43)C2)NC(=O)NC1=O. The summed E-state index contributed by atoms with van der Waals surface area (Å²) in [5.41, 5.74) is 0.187. The van der Waals surface area contributed by atoms with Gasteiger partial charge in [-0.05, 0) is 37.3 Å². The molecule has 2 fully saturated rings. The number of hydrogen-bond acceptors (Lipinski definition) is 3. The molecule has 2 atom stereocenters. The molecule has 7 nitrogen and oxygen atoms in total. The van der Waals surface area contributed by atoms with Crippen molar-refractivity contribution in [2.45, 2.75) is 38.3 Å². The van der Waals surface area contributed by atoms with Crippen molar-refractivity contribution in [3.8, 4) is 0 Å². The number of hydrogen-bond donors (Lipinski definition) is 2. The molecule has 2 aliphatic heterocycles. The van der Waals surface area contributed by atoms with Gasteiger partial charge in [0.15, 0.2) is 0 Å². The molecule has 0 spiro atoms. The molecular weight excluding hydrogens is 344 g/mol. The molecule has 2 N–H and O–H groups in total. The van der Waals surface area contributed by atoms with E-state index in [1.165, 1.54) is 5.39 Å². The van der Waals surface area contributed by atoms with Crippen molar-refractivity contribution >= 4 is 28.7 Å². The Hall–Kier alpha value is -2.83. The van der Waals surface area contributed by atoms with Gasteiger partial charge in [0.1, 0.15) is 5.54 Å². The lowest BCUT2D eigenvalue weighted by molar-refractivity contribution is -0.136. The average molecular weight is 368 g/mol. The van der Waals surface area contributed by atoms with E-state index in [2.05, 4.69) is 33.4 Å². The van der Waals surface area contributed by atoms with E-state index < -0.39 is 11.6 Å². The number of amides is 4. The van der Waals surface area contributed by atoms with Crippen molar-refractivity contribution < 1.29 is 14.4 Å². The van der Waals surface area contributed by atoms with Crippen LogP contribution < -0.4 is 10.6 Å². The van der Waals surface area contributed by atoms with Gasteiger partial charge in [0, 0.05) is 43.7 Å². The number of likely N-dealkylation sites (tertiary alicyclic amines) is 1. The van der Waals surface area contributed by atoms with Crippen molar-refractivity contribution in [2.24, 2.45) is 5.92 Å². The molecule has 3 heterocycles. The van der Waals surface area contributed by atoms with Crippen LogP contribution in [0.2, 0.25) is 0 Å². The number of piperidine rings is 1. The number of nitrogens with zero attached hydrogens (tertiary/aromatic N) is 2. The van der Waals surface area contributed by atoms with Crippen LogP contribution >= 0.6 is 0 Å². The van der Waals surface area contributed by atoms with Gasteiger partial charge in [-0.3, -0.25) is 14.9 Å². The van der Waals surface area contributed by atoms with Gasteiger partial charge in [-0.15, -0.1) is 0 Å². The molecule has 0 aliphatic carbocycles. The molecule has 2 saturated heterocycles. The van der Waals surface area contributed by atoms with Crippen LogP contribution in [0.5, 0.6) is 0 Å². The Morgan fingerprint density at radius 2 is 2.07 bits per heavy atom. The summed E-state index contributed by atoms with van der Waals surface area (Å²) >= 11 is 0. The summed E-state index contributed by atoms with van der Waals surface area (Å²) in [5.74, 6) is -0.287. The molecule has 2 aromatic rings. The summed E-state index contributed by atoms with van der Waals surface area (Å²) in [7, 11) is 0. The first-order chi connectivity index (χ1) is 13.0. The standard InChI is InChI=1S/C20H24N4O3/c1-20(18(26)21-19(27)22-20)15-6-4-10-24(13-15)17(25)9-12-23-11-8-14-5-2-3-7-16(14)23/h2-3,5,7-8,11,15H,4,6,9-10,12-13H2,1H3,(H2,21,22,26,27)/t15-,20+/m1/s1. The number of fused-ring (bicyclic) bond motifs is 1. The van der Waals surface area contributed by atoms with Crippen LogP contribution in [0.15, 0.2) is 36.5 Å². The monoisotopic (exact) mass is 368 g/mol. The second kappa shape index (κ2) is 6.72. The van der Waals surface area contributed by atoms with Gasteiger partial charge in [-0.2, -0.15) is 0 Å². The molecule has 27 heavy (non-hydrogen) atoms. The lowest BCUT2D eigenvalue weighted by atomic mass is 9.80. The van der Waals surface area contributed by atoms with Crippen LogP contribution in [0.3, 0.4) is 0 Å². The maximum absolute atomic E-state index is 12.8. The lowest BCUT2D eigenvalue weighted by Crippen LogP contribution is -2.56. The number of carbonyl (C=O) groups is 3. The highest BCUT2D eigenvalue weighted by Gasteiger charge is 2.49. The normalized spacial score (nSPS) is 25.5. The summed E-state index contributed by atoms with van der Waals surface area (Å²) in [4.78, 5) is 38.3. The Labute approximate surface area is 157 Å². The molecule has 0 saturated carbocycles. The van der Waals surface area contributed by atoms with Crippen LogP contribution in [0.1, 0.15) is 26.2 Å². The Kier molecular flexibility index (Phi) is 4.37. The second-order valence-electron chi connectivity index (χ2n) is 7.61. The third-order valence-electron chi connectivity index (χ3n) is 5.91. The molecular formula is C20H24N4O3. The first-order valence-corrected chi connectivity index (χ1v) is 9.42. The number of imide groups is 1. The maximum Gasteiger partial charge on any atom is 0.322 e. The van der Waals surface area contributed by atoms with Gasteiger partial charge in [-0.25, -0.2) is 4.79 Å². The molecule has 7 heteroatoms. The number of urea groups is 1. The van der Waals surface area contributed by atoms with E-state index in [0.29, 0.717) is 26.1 Å². The van der Waals surface area contributed by atoms with Gasteiger partial charge in [0.25, 0.3) is 5.91 Å². The fourth-order valence-corrected chi connectivity index (χ4v) is 4.23. The predicted molar refractivity (Wildman–Crippen MR) is 101 cm³/mol. The van der Waals surface area contributed by atoms with Gasteiger partial charge >= 0.3 is 6.03 Å². The smallest absolute Gasteiger partial charge is 0.322 e. The number of carbonyl (C=O) groups excluding carboxylic acids is 3. The summed E-state index contributed by atoms with van der Waals surface area (Å²) in [5, 5.41) is 6.22. The largest absolute Gasteiger partial charge is 0.347 e. The van der Waals surface area contributed by atoms with E-state index >= 15 is 0 Å². The Balaban J connectivity index is 1.40. The van der Waals surface area contributed by atoms with Crippen molar-refractivity contribution in [3.63, 3.8) is 0 Å². The van der Waals surface area contributed by atoms with Gasteiger partial charge in [0.05, 0.1) is 0 Å². The van der Waals surface area contributed by atoms with Crippen LogP contribution in [0.25, 0.3) is 10.9 Å². The number of rotatable bonds is 4. The second-order valence-corrected chi connectivity index (χ2v) is 7.61. The number of aromatic nitrogens is 1. The zero-order chi connectivity index (χ0) is 19.0. The summed E-state index contributed by atoms with van der Waals surface area (Å²) in [6.07, 6.45) is 4.08. The van der Waals surface area contributed by atoms with Gasteiger partial charge < -0.3 is 14.8 Å². The molecule has 1 aromatic carbocycles. The van der Waals surface area contributed by atoms with E-state index in [0.717, 1.165) is 18.4 Å². The minimum Gasteiger partial charge on any atom is -0.347 e. The summed E-state index contributed by atoms with van der Waals surface area (Å²) < 4.78 is 2.10. The van der Waals surface area contributed by atoms with E-state index in [1.807, 2.05) is 23.2 Å². The lowest BCUT2D eigenvalue weighted by Gasteiger charge is -2.39. The van der Waals surface area contributed by atoms with E-state index in [9.17, 15) is 14.4 Å². The summed E-state index contributed by atoms with van der Waals surface area (Å²) in [6, 6.07) is 9.72. The topological polar surface area (TPSA) is 83.4 Å². The van der Waals surface area contributed by atoms with Crippen LogP contribution in [-0.2, 0) is 16.1 Å². The molecule has 4 rings (SSSR count). The molecule has 4 amide bonds. The highest BCUT2D eigenvalue weighted by molar-refractivity contribution is 6.07. The number of para-hydroxylation sites is 1. The highest BCUT2D eigenvalue weighted by atomic mass is 16.2. The van der Waals surface area contributed by atoms with Crippen molar-refractivity contribution in [1.29, 1.82) is 0 Å². The maximum atomic E-state index is 12.8. The quantitative estimate of drug-likeness (QED) is 0.808.